The van der Waals surface area contributed by atoms with Gasteiger partial charge in [0.25, 0.3) is 0 Å². The van der Waals surface area contributed by atoms with Crippen molar-refractivity contribution in [2.45, 2.75) is 13.3 Å². The monoisotopic (exact) mass is 385 g/mol. The second-order valence-electron chi connectivity index (χ2n) is 6.37. The average Bonchev–Trinajstić information content (AvgIpc) is 3.09. The maximum absolute atomic E-state index is 12.9. The molecule has 1 fully saturated rings. The molecule has 0 aromatic heterocycles. The first-order valence-electron chi connectivity index (χ1n) is 8.96. The quantitative estimate of drug-likeness (QED) is 0.541. The smallest absolute Gasteiger partial charge is 0.311 e. The number of carbonyl (C=O) groups is 3. The van der Waals surface area contributed by atoms with E-state index in [2.05, 4.69) is 0 Å². The first kappa shape index (κ1) is 19.5. The molecular formula is C21H20FNO5. The van der Waals surface area contributed by atoms with Crippen LogP contribution in [0.1, 0.15) is 23.7 Å². The largest absolute Gasteiger partial charge is 0.494 e. The lowest BCUT2D eigenvalue weighted by Crippen LogP contribution is -2.27. The van der Waals surface area contributed by atoms with Gasteiger partial charge in [-0.1, -0.05) is 0 Å². The minimum absolute atomic E-state index is 0.0246. The van der Waals surface area contributed by atoms with Crippen LogP contribution < -0.4 is 9.64 Å². The Bertz CT molecular complexity index is 863. The zero-order valence-electron chi connectivity index (χ0n) is 15.4. The van der Waals surface area contributed by atoms with E-state index in [0.717, 1.165) is 0 Å². The van der Waals surface area contributed by atoms with E-state index in [0.29, 0.717) is 18.0 Å². The average molecular weight is 385 g/mol. The molecule has 28 heavy (non-hydrogen) atoms. The van der Waals surface area contributed by atoms with Gasteiger partial charge in [-0.2, -0.15) is 0 Å². The van der Waals surface area contributed by atoms with Gasteiger partial charge in [-0.15, -0.1) is 0 Å². The summed E-state index contributed by atoms with van der Waals surface area (Å²) in [6.07, 6.45) is 0.0246. The zero-order valence-corrected chi connectivity index (χ0v) is 15.4. The lowest BCUT2D eigenvalue weighted by atomic mass is 10.1. The molecule has 0 N–H and O–H groups in total. The third-order valence-corrected chi connectivity index (χ3v) is 4.43. The number of ether oxygens (including phenoxy) is 2. The summed E-state index contributed by atoms with van der Waals surface area (Å²) in [5, 5.41) is 0. The van der Waals surface area contributed by atoms with E-state index in [9.17, 15) is 18.8 Å². The Morgan fingerprint density at radius 2 is 1.79 bits per heavy atom. The van der Waals surface area contributed by atoms with Crippen molar-refractivity contribution in [2.24, 2.45) is 5.92 Å². The third-order valence-electron chi connectivity index (χ3n) is 4.43. The Morgan fingerprint density at radius 1 is 1.11 bits per heavy atom. The van der Waals surface area contributed by atoms with Crippen molar-refractivity contribution in [3.05, 3.63) is 59.9 Å². The lowest BCUT2D eigenvalue weighted by Gasteiger charge is -2.17. The number of esters is 1. The normalized spacial score (nSPS) is 16.1. The van der Waals surface area contributed by atoms with Crippen LogP contribution in [0.2, 0.25) is 0 Å². The van der Waals surface area contributed by atoms with Gasteiger partial charge >= 0.3 is 5.97 Å². The number of anilines is 1. The predicted molar refractivity (Wildman–Crippen MR) is 99.8 cm³/mol. The van der Waals surface area contributed by atoms with Crippen molar-refractivity contribution >= 4 is 23.3 Å². The first-order valence-corrected chi connectivity index (χ1v) is 8.96. The highest BCUT2D eigenvalue weighted by atomic mass is 19.1. The van der Waals surface area contributed by atoms with Crippen molar-refractivity contribution in [1.82, 2.24) is 0 Å². The van der Waals surface area contributed by atoms with Gasteiger partial charge in [0.05, 0.1) is 12.5 Å². The number of hydrogen-bond donors (Lipinski definition) is 0. The molecule has 146 valence electrons. The number of carbonyl (C=O) groups excluding carboxylic acids is 3. The number of hydrogen-bond acceptors (Lipinski definition) is 5. The van der Waals surface area contributed by atoms with E-state index in [-0.39, 0.29) is 24.4 Å². The van der Waals surface area contributed by atoms with Crippen LogP contribution in [0.15, 0.2) is 48.5 Å². The number of Topliss-reactive ketones (excluding diaryl/α,β-unsaturated/α-hetero) is 1. The van der Waals surface area contributed by atoms with Crippen LogP contribution in [0, 0.1) is 11.7 Å². The van der Waals surface area contributed by atoms with Gasteiger partial charge in [0.2, 0.25) is 5.91 Å². The molecular weight excluding hydrogens is 365 g/mol. The molecule has 0 bridgehead atoms. The fourth-order valence-electron chi connectivity index (χ4n) is 2.98. The zero-order chi connectivity index (χ0) is 20.1. The minimum atomic E-state index is -0.639. The summed E-state index contributed by atoms with van der Waals surface area (Å²) in [6.45, 7) is 2.18. The molecule has 7 heteroatoms. The Balaban J connectivity index is 1.56. The molecule has 2 aromatic rings. The van der Waals surface area contributed by atoms with Crippen molar-refractivity contribution in [1.29, 1.82) is 0 Å². The van der Waals surface area contributed by atoms with Gasteiger partial charge < -0.3 is 14.4 Å². The van der Waals surface area contributed by atoms with Crippen molar-refractivity contribution in [3.63, 3.8) is 0 Å². The molecule has 0 saturated carbocycles. The number of halogens is 1. The number of ketones is 1. The van der Waals surface area contributed by atoms with Crippen LogP contribution in [0.25, 0.3) is 0 Å². The number of benzene rings is 2. The van der Waals surface area contributed by atoms with Crippen molar-refractivity contribution < 1.29 is 28.2 Å². The molecule has 6 nitrogen and oxygen atoms in total. The van der Waals surface area contributed by atoms with E-state index in [1.807, 2.05) is 6.92 Å². The van der Waals surface area contributed by atoms with Crippen molar-refractivity contribution in [3.8, 4) is 5.75 Å². The van der Waals surface area contributed by atoms with Gasteiger partial charge in [-0.05, 0) is 55.5 Å². The molecule has 0 unspecified atom stereocenters. The molecule has 0 radical (unpaired) electrons. The second kappa shape index (κ2) is 8.65. The summed E-state index contributed by atoms with van der Waals surface area (Å²) >= 11 is 0. The molecule has 1 heterocycles. The van der Waals surface area contributed by atoms with Crippen LogP contribution >= 0.6 is 0 Å². The molecule has 1 saturated heterocycles. The molecule has 3 rings (SSSR count). The summed E-state index contributed by atoms with van der Waals surface area (Å²) in [5.41, 5.74) is 0.929. The highest BCUT2D eigenvalue weighted by molar-refractivity contribution is 6.01. The summed E-state index contributed by atoms with van der Waals surface area (Å²) < 4.78 is 23.4. The van der Waals surface area contributed by atoms with Gasteiger partial charge in [-0.3, -0.25) is 14.4 Å². The highest BCUT2D eigenvalue weighted by Crippen LogP contribution is 2.27. The van der Waals surface area contributed by atoms with E-state index >= 15 is 0 Å². The van der Waals surface area contributed by atoms with Gasteiger partial charge in [0, 0.05) is 24.2 Å². The Kier molecular flexibility index (Phi) is 6.03. The molecule has 1 atom stereocenters. The van der Waals surface area contributed by atoms with Crippen LogP contribution in [0.5, 0.6) is 5.75 Å². The summed E-state index contributed by atoms with van der Waals surface area (Å²) in [7, 11) is 0. The third kappa shape index (κ3) is 4.54. The van der Waals surface area contributed by atoms with E-state index in [4.69, 9.17) is 9.47 Å². The van der Waals surface area contributed by atoms with Crippen LogP contribution in [0.4, 0.5) is 10.1 Å². The topological polar surface area (TPSA) is 72.9 Å². The standard InChI is InChI=1S/C21H20FNO5/c1-2-27-18-9-7-17(8-10-18)23-12-15(11-20(23)25)21(26)28-13-19(24)14-3-5-16(22)6-4-14/h3-10,15H,2,11-13H2,1H3/t15-/m1/s1. The number of rotatable bonds is 7. The lowest BCUT2D eigenvalue weighted by molar-refractivity contribution is -0.147. The fraction of sp³-hybridized carbons (Fsp3) is 0.286. The molecule has 0 aliphatic carbocycles. The second-order valence-corrected chi connectivity index (χ2v) is 6.37. The summed E-state index contributed by atoms with van der Waals surface area (Å²) in [5.74, 6) is -1.60. The highest BCUT2D eigenvalue weighted by Gasteiger charge is 2.36. The molecule has 0 spiro atoms. The number of amides is 1. The van der Waals surface area contributed by atoms with Crippen LogP contribution in [-0.4, -0.2) is 37.4 Å². The fourth-order valence-corrected chi connectivity index (χ4v) is 2.98. The Morgan fingerprint density at radius 3 is 2.43 bits per heavy atom. The van der Waals surface area contributed by atoms with E-state index < -0.39 is 30.1 Å². The number of nitrogens with zero attached hydrogens (tertiary/aromatic N) is 1. The van der Waals surface area contributed by atoms with Gasteiger partial charge in [0.15, 0.2) is 12.4 Å². The Hall–Kier alpha value is -3.22. The van der Waals surface area contributed by atoms with Gasteiger partial charge in [-0.25, -0.2) is 4.39 Å². The molecule has 1 aliphatic rings. The van der Waals surface area contributed by atoms with Crippen molar-refractivity contribution in [2.75, 3.05) is 24.7 Å². The maximum atomic E-state index is 12.9. The van der Waals surface area contributed by atoms with Gasteiger partial charge in [0.1, 0.15) is 11.6 Å². The molecule has 1 amide bonds. The van der Waals surface area contributed by atoms with Crippen LogP contribution in [0.3, 0.4) is 0 Å². The van der Waals surface area contributed by atoms with E-state index in [1.165, 1.54) is 29.2 Å². The summed E-state index contributed by atoms with van der Waals surface area (Å²) in [4.78, 5) is 38.1. The molecule has 1 aliphatic heterocycles. The maximum Gasteiger partial charge on any atom is 0.311 e. The summed E-state index contributed by atoms with van der Waals surface area (Å²) in [6, 6.07) is 12.0. The molecule has 2 aromatic carbocycles. The Labute approximate surface area is 161 Å². The first-order chi connectivity index (χ1) is 13.5. The predicted octanol–water partition coefficient (Wildman–Crippen LogP) is 3.00. The minimum Gasteiger partial charge on any atom is -0.494 e. The van der Waals surface area contributed by atoms with Crippen LogP contribution in [-0.2, 0) is 14.3 Å². The van der Waals surface area contributed by atoms with E-state index in [1.54, 1.807) is 24.3 Å². The SMILES string of the molecule is CCOc1ccc(N2C[C@H](C(=O)OCC(=O)c3ccc(F)cc3)CC2=O)cc1.